The normalized spacial score (nSPS) is 25.2. The fraction of sp³-hybridized carbons (Fsp3) is 0.354. The Bertz CT molecular complexity index is 2050. The molecule has 0 aliphatic carbocycles. The highest BCUT2D eigenvalue weighted by molar-refractivity contribution is 6.02. The second kappa shape index (κ2) is 21.2. The molecule has 2 saturated heterocycles. The highest BCUT2D eigenvalue weighted by Crippen LogP contribution is 2.32. The predicted molar refractivity (Wildman–Crippen MR) is 220 cm³/mol. The van der Waals surface area contributed by atoms with Gasteiger partial charge in [0.25, 0.3) is 0 Å². The molecular formula is C48H51NO11. The van der Waals surface area contributed by atoms with E-state index in [1.807, 2.05) is 121 Å². The molecule has 2 amide bonds. The molecule has 0 aromatic heterocycles. The molecule has 8 atom stereocenters. The number of carbonyl (C=O) groups is 3. The summed E-state index contributed by atoms with van der Waals surface area (Å²) in [6, 6.07) is 37.8. The molecule has 4 aromatic rings. The molecule has 0 saturated carbocycles. The average molecular weight is 818 g/mol. The van der Waals surface area contributed by atoms with Crippen molar-refractivity contribution in [2.75, 3.05) is 26.9 Å². The molecule has 314 valence electrons. The SMILES string of the molecule is CO[C@H]1O[C@H](CO)[C@@H](OCc2ccccc2)[C@H](OCc2ccccc2)[C@@H]1OCCC=C1C=CC(=O)[C@H]([C@@H](Cc2ccccc2)C(=O)N2C(=O)OC[C@@H]2Cc2ccccc2)O1. The third kappa shape index (κ3) is 10.8. The zero-order valence-corrected chi connectivity index (χ0v) is 33.5. The number of amides is 2. The first kappa shape index (κ1) is 42.6. The van der Waals surface area contributed by atoms with E-state index in [0.717, 1.165) is 27.2 Å². The molecule has 0 spiro atoms. The number of ketones is 1. The van der Waals surface area contributed by atoms with Crippen molar-refractivity contribution >= 4 is 17.8 Å². The molecule has 0 unspecified atom stereocenters. The lowest BCUT2D eigenvalue weighted by atomic mass is 9.88. The number of allylic oxidation sites excluding steroid dienone is 1. The molecule has 3 aliphatic heterocycles. The van der Waals surface area contributed by atoms with Crippen LogP contribution in [0.4, 0.5) is 4.79 Å². The number of nitrogens with zero attached hydrogens (tertiary/aromatic N) is 1. The minimum Gasteiger partial charge on any atom is -0.482 e. The van der Waals surface area contributed by atoms with Crippen LogP contribution in [0.15, 0.2) is 145 Å². The van der Waals surface area contributed by atoms with Crippen LogP contribution < -0.4 is 0 Å². The Labute approximate surface area is 350 Å². The quantitative estimate of drug-likeness (QED) is 0.116. The number of ether oxygens (including phenoxy) is 7. The number of methoxy groups -OCH3 is 1. The van der Waals surface area contributed by atoms with Gasteiger partial charge < -0.3 is 38.3 Å². The number of cyclic esters (lactones) is 1. The van der Waals surface area contributed by atoms with Gasteiger partial charge >= 0.3 is 6.09 Å². The van der Waals surface area contributed by atoms with Crippen molar-refractivity contribution in [1.29, 1.82) is 0 Å². The van der Waals surface area contributed by atoms with Crippen molar-refractivity contribution in [3.63, 3.8) is 0 Å². The Balaban J connectivity index is 1.06. The number of aliphatic hydroxyl groups is 1. The van der Waals surface area contributed by atoms with Gasteiger partial charge in [-0.25, -0.2) is 9.69 Å². The first-order chi connectivity index (χ1) is 29.4. The number of hydrogen-bond donors (Lipinski definition) is 1. The number of imide groups is 1. The van der Waals surface area contributed by atoms with Crippen LogP contribution >= 0.6 is 0 Å². The summed E-state index contributed by atoms with van der Waals surface area (Å²) < 4.78 is 43.0. The Hall–Kier alpha value is -5.47. The number of rotatable bonds is 18. The maximum absolute atomic E-state index is 14.4. The van der Waals surface area contributed by atoms with Gasteiger partial charge in [-0.2, -0.15) is 0 Å². The highest BCUT2D eigenvalue weighted by atomic mass is 16.7. The van der Waals surface area contributed by atoms with Gasteiger partial charge in [-0.05, 0) is 59.7 Å². The third-order valence-electron chi connectivity index (χ3n) is 10.8. The molecule has 4 aromatic carbocycles. The largest absolute Gasteiger partial charge is 0.482 e. The number of carbonyl (C=O) groups excluding carboxylic acids is 3. The molecule has 2 fully saturated rings. The first-order valence-electron chi connectivity index (χ1n) is 20.3. The van der Waals surface area contributed by atoms with Gasteiger partial charge in [0.2, 0.25) is 5.91 Å². The molecule has 0 radical (unpaired) electrons. The van der Waals surface area contributed by atoms with Crippen LogP contribution in [0, 0.1) is 5.92 Å². The molecule has 0 bridgehead atoms. The van der Waals surface area contributed by atoms with Gasteiger partial charge in [0, 0.05) is 7.11 Å². The molecule has 7 rings (SSSR count). The second-order valence-electron chi connectivity index (χ2n) is 14.9. The third-order valence-corrected chi connectivity index (χ3v) is 10.8. The van der Waals surface area contributed by atoms with E-state index in [2.05, 4.69) is 0 Å². The summed E-state index contributed by atoms with van der Waals surface area (Å²) in [5.41, 5.74) is 3.67. The van der Waals surface area contributed by atoms with Crippen molar-refractivity contribution in [2.45, 2.75) is 75.3 Å². The Kier molecular flexibility index (Phi) is 15.0. The first-order valence-corrected chi connectivity index (χ1v) is 20.3. The van der Waals surface area contributed by atoms with Crippen molar-refractivity contribution in [1.82, 2.24) is 4.90 Å². The summed E-state index contributed by atoms with van der Waals surface area (Å²) in [5.74, 6) is -1.56. The molecule has 3 aliphatic rings. The van der Waals surface area contributed by atoms with Crippen LogP contribution in [0.2, 0.25) is 0 Å². The molecule has 3 heterocycles. The zero-order valence-electron chi connectivity index (χ0n) is 33.5. The van der Waals surface area contributed by atoms with Crippen molar-refractivity contribution in [2.24, 2.45) is 5.92 Å². The maximum atomic E-state index is 14.4. The summed E-state index contributed by atoms with van der Waals surface area (Å²) in [7, 11) is 1.51. The molecule has 12 heteroatoms. The molecule has 12 nitrogen and oxygen atoms in total. The van der Waals surface area contributed by atoms with E-state index in [1.54, 1.807) is 12.2 Å². The number of hydrogen-bond acceptors (Lipinski definition) is 11. The van der Waals surface area contributed by atoms with Crippen LogP contribution in [0.3, 0.4) is 0 Å². The van der Waals surface area contributed by atoms with Gasteiger partial charge in [-0.15, -0.1) is 0 Å². The number of aliphatic hydroxyl groups excluding tert-OH is 1. The van der Waals surface area contributed by atoms with Crippen LogP contribution in [-0.4, -0.2) is 97.6 Å². The van der Waals surface area contributed by atoms with Gasteiger partial charge in [0.1, 0.15) is 36.8 Å². The lowest BCUT2D eigenvalue weighted by Gasteiger charge is -2.45. The van der Waals surface area contributed by atoms with Crippen LogP contribution in [0.5, 0.6) is 0 Å². The van der Waals surface area contributed by atoms with Gasteiger partial charge in [-0.3, -0.25) is 9.59 Å². The van der Waals surface area contributed by atoms with Gasteiger partial charge in [0.05, 0.1) is 38.4 Å². The summed E-state index contributed by atoms with van der Waals surface area (Å²) in [6.45, 7) is 0.413. The number of benzene rings is 4. The van der Waals surface area contributed by atoms with E-state index < -0.39 is 60.8 Å². The zero-order chi connectivity index (χ0) is 41.7. The van der Waals surface area contributed by atoms with E-state index >= 15 is 0 Å². The van der Waals surface area contributed by atoms with Gasteiger partial charge in [0.15, 0.2) is 18.2 Å². The summed E-state index contributed by atoms with van der Waals surface area (Å²) in [5, 5.41) is 10.4. The highest BCUT2D eigenvalue weighted by Gasteiger charge is 2.49. The van der Waals surface area contributed by atoms with E-state index in [1.165, 1.54) is 13.2 Å². The van der Waals surface area contributed by atoms with E-state index in [-0.39, 0.29) is 45.2 Å². The lowest BCUT2D eigenvalue weighted by Crippen LogP contribution is -2.61. The topological polar surface area (TPSA) is 139 Å². The molecular weight excluding hydrogens is 767 g/mol. The molecule has 60 heavy (non-hydrogen) atoms. The smallest absolute Gasteiger partial charge is 0.416 e. The summed E-state index contributed by atoms with van der Waals surface area (Å²) in [6.07, 6.45) is -0.0509. The summed E-state index contributed by atoms with van der Waals surface area (Å²) >= 11 is 0. The van der Waals surface area contributed by atoms with Crippen molar-refractivity contribution < 1.29 is 52.6 Å². The van der Waals surface area contributed by atoms with Crippen LogP contribution in [-0.2, 0) is 68.8 Å². The van der Waals surface area contributed by atoms with Crippen LogP contribution in [0.1, 0.15) is 28.7 Å². The van der Waals surface area contributed by atoms with E-state index in [4.69, 9.17) is 33.2 Å². The van der Waals surface area contributed by atoms with E-state index in [0.29, 0.717) is 18.6 Å². The predicted octanol–water partition coefficient (Wildman–Crippen LogP) is 6.15. The minimum atomic E-state index is -1.20. The monoisotopic (exact) mass is 817 g/mol. The fourth-order valence-electron chi connectivity index (χ4n) is 7.76. The van der Waals surface area contributed by atoms with Crippen LogP contribution in [0.25, 0.3) is 0 Å². The Morgan fingerprint density at radius 2 is 1.35 bits per heavy atom. The summed E-state index contributed by atoms with van der Waals surface area (Å²) in [4.78, 5) is 42.3. The molecule has 1 N–H and O–H groups in total. The van der Waals surface area contributed by atoms with Gasteiger partial charge in [-0.1, -0.05) is 121 Å². The standard InChI is InChI=1S/C48H51NO11/c1-54-47-45(44(57-31-36-21-12-5-13-22-36)43(41(29-50)60-47)56-30-35-19-10-4-11-20-35)55-26-14-23-38-24-25-40(51)42(59-38)39(28-34-17-8-3-9-18-34)46(52)49-37(32-58-48(49)53)27-33-15-6-2-7-16-33/h2-13,15-25,37,39,41-45,47,50H,14,26-32H2,1H3/t37-,39+,41+,42-,43+,44-,45-,47-/m0/s1. The lowest BCUT2D eigenvalue weighted by molar-refractivity contribution is -0.319. The fourth-order valence-corrected chi connectivity index (χ4v) is 7.76. The second-order valence-corrected chi connectivity index (χ2v) is 14.9. The Morgan fingerprint density at radius 3 is 1.95 bits per heavy atom. The van der Waals surface area contributed by atoms with Crippen molar-refractivity contribution in [3.05, 3.63) is 168 Å². The minimum absolute atomic E-state index is 0.0523. The van der Waals surface area contributed by atoms with E-state index in [9.17, 15) is 19.5 Å². The average Bonchev–Trinajstić information content (AvgIpc) is 3.66. The Morgan fingerprint density at radius 1 is 0.767 bits per heavy atom. The maximum Gasteiger partial charge on any atom is 0.416 e. The van der Waals surface area contributed by atoms with Crippen molar-refractivity contribution in [3.8, 4) is 0 Å².